The summed E-state index contributed by atoms with van der Waals surface area (Å²) >= 11 is 0. The maximum absolute atomic E-state index is 9.10. The van der Waals surface area contributed by atoms with Crippen LogP contribution in [0.2, 0.25) is 0 Å². The number of aromatic nitrogens is 1. The van der Waals surface area contributed by atoms with E-state index in [1.807, 2.05) is 0 Å². The first-order valence-electron chi connectivity index (χ1n) is 5.56. The molecule has 0 saturated heterocycles. The number of rotatable bonds is 4. The van der Waals surface area contributed by atoms with E-state index >= 15 is 0 Å². The Hall–Kier alpha value is -1.09. The number of hydrogen-bond donors (Lipinski definition) is 1. The van der Waals surface area contributed by atoms with Crippen LogP contribution in [-0.4, -0.2) is 16.7 Å². The quantitative estimate of drug-likeness (QED) is 0.822. The molecule has 3 nitrogen and oxygen atoms in total. The molecule has 1 aliphatic rings. The van der Waals surface area contributed by atoms with Crippen molar-refractivity contribution in [2.75, 3.05) is 6.61 Å². The summed E-state index contributed by atoms with van der Waals surface area (Å²) in [4.78, 5) is 4.00. The van der Waals surface area contributed by atoms with E-state index in [1.165, 1.54) is 25.7 Å². The topological polar surface area (TPSA) is 42.4 Å². The summed E-state index contributed by atoms with van der Waals surface area (Å²) in [6, 6.07) is 1.80. The number of aliphatic hydroxyl groups excluding tert-OH is 1. The smallest absolute Gasteiger partial charge is 0.143 e. The van der Waals surface area contributed by atoms with Crippen molar-refractivity contribution in [2.24, 2.45) is 5.92 Å². The van der Waals surface area contributed by atoms with Crippen LogP contribution in [-0.2, 0) is 6.61 Å². The van der Waals surface area contributed by atoms with Gasteiger partial charge in [0.1, 0.15) is 5.75 Å². The molecule has 0 radical (unpaired) electrons. The van der Waals surface area contributed by atoms with Gasteiger partial charge in [-0.05, 0) is 24.8 Å². The molecule has 1 N–H and O–H groups in total. The SMILES string of the molecule is OCc1ccncc1OCC1CCCC1. The summed E-state index contributed by atoms with van der Waals surface area (Å²) in [5.41, 5.74) is 0.822. The Kier molecular flexibility index (Phi) is 3.56. The Balaban J connectivity index is 1.91. The normalized spacial score (nSPS) is 16.9. The minimum absolute atomic E-state index is 0.0164. The molecule has 0 amide bonds. The van der Waals surface area contributed by atoms with Crippen molar-refractivity contribution in [3.05, 3.63) is 24.0 Å². The Morgan fingerprint density at radius 3 is 2.93 bits per heavy atom. The van der Waals surface area contributed by atoms with Crippen molar-refractivity contribution in [2.45, 2.75) is 32.3 Å². The van der Waals surface area contributed by atoms with E-state index in [2.05, 4.69) is 4.98 Å². The van der Waals surface area contributed by atoms with Gasteiger partial charge in [0.05, 0.1) is 19.4 Å². The predicted octanol–water partition coefficient (Wildman–Crippen LogP) is 2.14. The lowest BCUT2D eigenvalue weighted by atomic mass is 10.1. The molecule has 1 saturated carbocycles. The van der Waals surface area contributed by atoms with Crippen LogP contribution < -0.4 is 4.74 Å². The van der Waals surface area contributed by atoms with E-state index in [1.54, 1.807) is 18.5 Å². The second kappa shape index (κ2) is 5.12. The van der Waals surface area contributed by atoms with Crippen LogP contribution in [0.5, 0.6) is 5.75 Å². The van der Waals surface area contributed by atoms with Gasteiger partial charge in [-0.25, -0.2) is 0 Å². The maximum Gasteiger partial charge on any atom is 0.143 e. The molecule has 1 aromatic heterocycles. The monoisotopic (exact) mass is 207 g/mol. The van der Waals surface area contributed by atoms with Crippen molar-refractivity contribution in [3.63, 3.8) is 0 Å². The first-order chi connectivity index (χ1) is 7.40. The van der Waals surface area contributed by atoms with E-state index in [9.17, 15) is 0 Å². The molecule has 3 heteroatoms. The molecule has 1 aliphatic carbocycles. The van der Waals surface area contributed by atoms with E-state index in [0.717, 1.165) is 17.9 Å². The predicted molar refractivity (Wildman–Crippen MR) is 57.6 cm³/mol. The average molecular weight is 207 g/mol. The Bertz CT molecular complexity index is 308. The first kappa shape index (κ1) is 10.4. The van der Waals surface area contributed by atoms with Gasteiger partial charge in [-0.1, -0.05) is 12.8 Å². The molecule has 2 rings (SSSR count). The number of ether oxygens (including phenoxy) is 1. The minimum Gasteiger partial charge on any atom is -0.491 e. The maximum atomic E-state index is 9.10. The fourth-order valence-corrected chi connectivity index (χ4v) is 2.05. The first-order valence-corrected chi connectivity index (χ1v) is 5.56. The van der Waals surface area contributed by atoms with Crippen LogP contribution in [0, 0.1) is 5.92 Å². The van der Waals surface area contributed by atoms with Crippen LogP contribution in [0.25, 0.3) is 0 Å². The average Bonchev–Trinajstić information content (AvgIpc) is 2.79. The summed E-state index contributed by atoms with van der Waals surface area (Å²) in [6.07, 6.45) is 8.56. The molecule has 1 aromatic rings. The molecule has 0 atom stereocenters. The highest BCUT2D eigenvalue weighted by Crippen LogP contribution is 2.26. The molecule has 1 heterocycles. The molecule has 1 fully saturated rings. The van der Waals surface area contributed by atoms with Gasteiger partial charge in [0.15, 0.2) is 0 Å². The van der Waals surface area contributed by atoms with Gasteiger partial charge in [0, 0.05) is 11.8 Å². The summed E-state index contributed by atoms with van der Waals surface area (Å²) < 4.78 is 5.69. The number of hydrogen-bond acceptors (Lipinski definition) is 3. The zero-order valence-electron chi connectivity index (χ0n) is 8.85. The third-order valence-corrected chi connectivity index (χ3v) is 2.99. The largest absolute Gasteiger partial charge is 0.491 e. The summed E-state index contributed by atoms with van der Waals surface area (Å²) in [6.45, 7) is 0.779. The van der Waals surface area contributed by atoms with Crippen LogP contribution in [0.3, 0.4) is 0 Å². The third-order valence-electron chi connectivity index (χ3n) is 2.99. The third kappa shape index (κ3) is 2.69. The second-order valence-electron chi connectivity index (χ2n) is 4.10. The van der Waals surface area contributed by atoms with Crippen molar-refractivity contribution in [3.8, 4) is 5.75 Å². The summed E-state index contributed by atoms with van der Waals surface area (Å²) in [5, 5.41) is 9.10. The number of nitrogens with zero attached hydrogens (tertiary/aromatic N) is 1. The van der Waals surface area contributed by atoms with Gasteiger partial charge >= 0.3 is 0 Å². The van der Waals surface area contributed by atoms with Crippen molar-refractivity contribution < 1.29 is 9.84 Å². The summed E-state index contributed by atoms with van der Waals surface area (Å²) in [5.74, 6) is 1.42. The van der Waals surface area contributed by atoms with E-state index in [-0.39, 0.29) is 6.61 Å². The van der Waals surface area contributed by atoms with Crippen molar-refractivity contribution >= 4 is 0 Å². The van der Waals surface area contributed by atoms with Crippen LogP contribution >= 0.6 is 0 Å². The zero-order chi connectivity index (χ0) is 10.5. The molecule has 0 aromatic carbocycles. The lowest BCUT2D eigenvalue weighted by Gasteiger charge is -2.13. The second-order valence-corrected chi connectivity index (χ2v) is 4.10. The Labute approximate surface area is 90.1 Å². The molecule has 0 unspecified atom stereocenters. The highest BCUT2D eigenvalue weighted by atomic mass is 16.5. The molecule has 0 aliphatic heterocycles. The van der Waals surface area contributed by atoms with Crippen molar-refractivity contribution in [1.82, 2.24) is 4.98 Å². The highest BCUT2D eigenvalue weighted by Gasteiger charge is 2.16. The van der Waals surface area contributed by atoms with E-state index in [4.69, 9.17) is 9.84 Å². The fraction of sp³-hybridized carbons (Fsp3) is 0.583. The molecule has 0 bridgehead atoms. The highest BCUT2D eigenvalue weighted by molar-refractivity contribution is 5.28. The lowest BCUT2D eigenvalue weighted by Crippen LogP contribution is -2.09. The van der Waals surface area contributed by atoms with Crippen LogP contribution in [0.4, 0.5) is 0 Å². The van der Waals surface area contributed by atoms with Gasteiger partial charge in [0.2, 0.25) is 0 Å². The lowest BCUT2D eigenvalue weighted by molar-refractivity contribution is 0.234. The summed E-state index contributed by atoms with van der Waals surface area (Å²) in [7, 11) is 0. The van der Waals surface area contributed by atoms with E-state index in [0.29, 0.717) is 5.92 Å². The zero-order valence-corrected chi connectivity index (χ0v) is 8.85. The molecule has 15 heavy (non-hydrogen) atoms. The van der Waals surface area contributed by atoms with E-state index < -0.39 is 0 Å². The van der Waals surface area contributed by atoms with Crippen LogP contribution in [0.1, 0.15) is 31.2 Å². The fourth-order valence-electron chi connectivity index (χ4n) is 2.05. The van der Waals surface area contributed by atoms with Gasteiger partial charge < -0.3 is 9.84 Å². The molecule has 82 valence electrons. The molecule has 0 spiro atoms. The van der Waals surface area contributed by atoms with Crippen molar-refractivity contribution in [1.29, 1.82) is 0 Å². The van der Waals surface area contributed by atoms with Gasteiger partial charge in [-0.15, -0.1) is 0 Å². The standard InChI is InChI=1S/C12H17NO2/c14-8-11-5-6-13-7-12(11)15-9-10-3-1-2-4-10/h5-7,10,14H,1-4,8-9H2. The molecular formula is C12H17NO2. The van der Waals surface area contributed by atoms with Crippen LogP contribution in [0.15, 0.2) is 18.5 Å². The molecular weight excluding hydrogens is 190 g/mol. The van der Waals surface area contributed by atoms with Gasteiger partial charge in [-0.2, -0.15) is 0 Å². The number of aliphatic hydroxyl groups is 1. The number of pyridine rings is 1. The van der Waals surface area contributed by atoms with Gasteiger partial charge in [-0.3, -0.25) is 4.98 Å². The Morgan fingerprint density at radius 2 is 2.20 bits per heavy atom. The van der Waals surface area contributed by atoms with Gasteiger partial charge in [0.25, 0.3) is 0 Å². The minimum atomic E-state index is 0.0164. The Morgan fingerprint density at radius 1 is 1.40 bits per heavy atom.